The van der Waals surface area contributed by atoms with E-state index in [4.69, 9.17) is 21.1 Å². The van der Waals surface area contributed by atoms with Crippen molar-refractivity contribution in [3.63, 3.8) is 0 Å². The van der Waals surface area contributed by atoms with Crippen molar-refractivity contribution in [3.8, 4) is 11.5 Å². The number of methoxy groups -OCH3 is 2. The average Bonchev–Trinajstić information content (AvgIpc) is 3.00. The number of carbonyl (C=O) groups excluding carboxylic acids is 2. The van der Waals surface area contributed by atoms with Crippen LogP contribution in [0.15, 0.2) is 77.7 Å². The first-order valence-electron chi connectivity index (χ1n) is 13.7. The fourth-order valence-corrected chi connectivity index (χ4v) is 5.94. The zero-order valence-corrected chi connectivity index (χ0v) is 26.1. The minimum Gasteiger partial charge on any atom is -0.497 e. The molecule has 0 unspecified atom stereocenters. The Morgan fingerprint density at radius 3 is 2.17 bits per heavy atom. The third kappa shape index (κ3) is 7.95. The molecule has 0 saturated heterocycles. The molecule has 3 aromatic carbocycles. The molecule has 2 amide bonds. The van der Waals surface area contributed by atoms with E-state index in [-0.39, 0.29) is 34.8 Å². The number of carbonyl (C=O) groups is 2. The summed E-state index contributed by atoms with van der Waals surface area (Å²) in [6.07, 6.45) is 1.03. The third-order valence-electron chi connectivity index (χ3n) is 6.92. The van der Waals surface area contributed by atoms with Crippen LogP contribution in [0.5, 0.6) is 11.5 Å². The zero-order chi connectivity index (χ0) is 30.9. The van der Waals surface area contributed by atoms with Gasteiger partial charge in [0.1, 0.15) is 24.1 Å². The Hall–Kier alpha value is -3.76. The summed E-state index contributed by atoms with van der Waals surface area (Å²) in [6, 6.07) is 18.5. The molecule has 3 rings (SSSR count). The molecular formula is C31H38ClN3O6S. The van der Waals surface area contributed by atoms with Crippen molar-refractivity contribution in [1.29, 1.82) is 0 Å². The Kier molecular flexibility index (Phi) is 11.6. The number of ether oxygens (including phenoxy) is 2. The van der Waals surface area contributed by atoms with E-state index in [0.29, 0.717) is 23.6 Å². The van der Waals surface area contributed by atoms with E-state index in [1.165, 1.54) is 37.3 Å². The van der Waals surface area contributed by atoms with Crippen LogP contribution in [0.2, 0.25) is 5.02 Å². The Morgan fingerprint density at radius 2 is 1.60 bits per heavy atom. The first-order valence-corrected chi connectivity index (χ1v) is 15.5. The monoisotopic (exact) mass is 615 g/mol. The highest BCUT2D eigenvalue weighted by atomic mass is 35.5. The summed E-state index contributed by atoms with van der Waals surface area (Å²) in [5.74, 6) is -0.274. The number of halogens is 1. The van der Waals surface area contributed by atoms with Gasteiger partial charge in [-0.15, -0.1) is 0 Å². The van der Waals surface area contributed by atoms with E-state index in [1.807, 2.05) is 20.8 Å². The van der Waals surface area contributed by atoms with E-state index in [0.717, 1.165) is 9.87 Å². The first-order chi connectivity index (χ1) is 20.0. The van der Waals surface area contributed by atoms with Crippen molar-refractivity contribution in [1.82, 2.24) is 10.2 Å². The minimum absolute atomic E-state index is 0.00604. The molecule has 1 N–H and O–H groups in total. The predicted octanol–water partition coefficient (Wildman–Crippen LogP) is 5.27. The van der Waals surface area contributed by atoms with Gasteiger partial charge in [0.05, 0.1) is 24.8 Å². The molecule has 11 heteroatoms. The summed E-state index contributed by atoms with van der Waals surface area (Å²) in [4.78, 5) is 29.0. The van der Waals surface area contributed by atoms with Crippen molar-refractivity contribution in [2.75, 3.05) is 25.1 Å². The normalized spacial score (nSPS) is 12.6. The van der Waals surface area contributed by atoms with Crippen LogP contribution in [-0.4, -0.2) is 58.0 Å². The molecule has 2 atom stereocenters. The molecule has 3 aromatic rings. The summed E-state index contributed by atoms with van der Waals surface area (Å²) < 4.78 is 40.0. The van der Waals surface area contributed by atoms with E-state index < -0.39 is 28.5 Å². The van der Waals surface area contributed by atoms with Gasteiger partial charge in [0.15, 0.2) is 0 Å². The number of benzene rings is 3. The number of rotatable bonds is 14. The molecule has 226 valence electrons. The zero-order valence-electron chi connectivity index (χ0n) is 24.5. The topological polar surface area (TPSA) is 105 Å². The fourth-order valence-electron chi connectivity index (χ4n) is 4.37. The Morgan fingerprint density at radius 1 is 0.929 bits per heavy atom. The van der Waals surface area contributed by atoms with E-state index in [9.17, 15) is 18.0 Å². The van der Waals surface area contributed by atoms with Gasteiger partial charge in [0.2, 0.25) is 11.8 Å². The van der Waals surface area contributed by atoms with Crippen molar-refractivity contribution in [2.24, 2.45) is 0 Å². The molecule has 0 saturated carbocycles. The average molecular weight is 616 g/mol. The number of hydrogen-bond acceptors (Lipinski definition) is 6. The summed E-state index contributed by atoms with van der Waals surface area (Å²) in [6.45, 7) is 5.13. The van der Waals surface area contributed by atoms with Gasteiger partial charge in [-0.25, -0.2) is 8.42 Å². The largest absolute Gasteiger partial charge is 0.497 e. The first kappa shape index (κ1) is 32.8. The van der Waals surface area contributed by atoms with Gasteiger partial charge in [-0.2, -0.15) is 0 Å². The number of anilines is 1. The van der Waals surface area contributed by atoms with Crippen molar-refractivity contribution in [2.45, 2.75) is 57.1 Å². The smallest absolute Gasteiger partial charge is 0.264 e. The summed E-state index contributed by atoms with van der Waals surface area (Å²) in [7, 11) is -1.39. The second kappa shape index (κ2) is 14.9. The highest BCUT2D eigenvalue weighted by Crippen LogP contribution is 2.36. The molecule has 0 aliphatic carbocycles. The van der Waals surface area contributed by atoms with Gasteiger partial charge in [-0.1, -0.05) is 55.8 Å². The lowest BCUT2D eigenvalue weighted by Crippen LogP contribution is -2.53. The number of nitrogens with one attached hydrogen (secondary N) is 1. The van der Waals surface area contributed by atoms with Crippen LogP contribution in [0, 0.1) is 0 Å². The lowest BCUT2D eigenvalue weighted by molar-refractivity contribution is -0.140. The fraction of sp³-hybridized carbons (Fsp3) is 0.355. The molecule has 0 radical (unpaired) electrons. The molecule has 42 heavy (non-hydrogen) atoms. The molecule has 0 aromatic heterocycles. The Balaban J connectivity index is 2.13. The molecule has 0 aliphatic rings. The van der Waals surface area contributed by atoms with Gasteiger partial charge >= 0.3 is 0 Å². The highest BCUT2D eigenvalue weighted by Gasteiger charge is 2.35. The maximum absolute atomic E-state index is 14.2. The lowest BCUT2D eigenvalue weighted by atomic mass is 10.1. The molecule has 9 nitrogen and oxygen atoms in total. The highest BCUT2D eigenvalue weighted by molar-refractivity contribution is 7.92. The number of hydrogen-bond donors (Lipinski definition) is 1. The maximum atomic E-state index is 14.2. The van der Waals surface area contributed by atoms with Crippen LogP contribution in [0.3, 0.4) is 0 Å². The maximum Gasteiger partial charge on any atom is 0.264 e. The molecule has 0 bridgehead atoms. The van der Waals surface area contributed by atoms with Crippen molar-refractivity contribution < 1.29 is 27.5 Å². The molecule has 0 aliphatic heterocycles. The third-order valence-corrected chi connectivity index (χ3v) is 8.94. The minimum atomic E-state index is -4.26. The summed E-state index contributed by atoms with van der Waals surface area (Å²) >= 11 is 6.08. The van der Waals surface area contributed by atoms with Crippen molar-refractivity contribution in [3.05, 3.63) is 83.4 Å². The standard InChI is InChI=1S/C31H38ClN3O6S/c1-6-22(3)33-31(37)27(7-2)34(20-23-13-15-24(32)16-14-23)30(36)21-35(42(38,39)26-11-9-8-10-12-26)28-19-25(40-4)17-18-29(28)41-5/h8-19,22,27H,6-7,20-21H2,1-5H3,(H,33,37)/t22-,27-/m1/s1. The van der Waals surface area contributed by atoms with E-state index in [1.54, 1.807) is 54.6 Å². The van der Waals surface area contributed by atoms with Crippen LogP contribution < -0.4 is 19.1 Å². The van der Waals surface area contributed by atoms with Crippen LogP contribution in [0.25, 0.3) is 0 Å². The van der Waals surface area contributed by atoms with E-state index >= 15 is 0 Å². The second-order valence-corrected chi connectivity index (χ2v) is 12.1. The van der Waals surface area contributed by atoms with Gasteiger partial charge in [0.25, 0.3) is 10.0 Å². The number of sulfonamides is 1. The van der Waals surface area contributed by atoms with Gasteiger partial charge in [-0.05, 0) is 61.7 Å². The van der Waals surface area contributed by atoms with Gasteiger partial charge in [-0.3, -0.25) is 13.9 Å². The molecule has 0 heterocycles. The Labute approximate surface area is 253 Å². The van der Waals surface area contributed by atoms with Crippen LogP contribution in [0.4, 0.5) is 5.69 Å². The van der Waals surface area contributed by atoms with Gasteiger partial charge in [0, 0.05) is 23.7 Å². The van der Waals surface area contributed by atoms with Crippen molar-refractivity contribution >= 4 is 39.1 Å². The number of amides is 2. The number of nitrogens with zero attached hydrogens (tertiary/aromatic N) is 2. The SMILES string of the molecule is CC[C@@H](C)NC(=O)[C@@H](CC)N(Cc1ccc(Cl)cc1)C(=O)CN(c1cc(OC)ccc1OC)S(=O)(=O)c1ccccc1. The molecule has 0 fully saturated rings. The lowest BCUT2D eigenvalue weighted by Gasteiger charge is -2.34. The van der Waals surface area contributed by atoms with Gasteiger partial charge < -0.3 is 19.7 Å². The second-order valence-electron chi connectivity index (χ2n) is 9.75. The predicted molar refractivity (Wildman–Crippen MR) is 164 cm³/mol. The molecular weight excluding hydrogens is 578 g/mol. The summed E-state index contributed by atoms with van der Waals surface area (Å²) in [5.41, 5.74) is 0.858. The Bertz CT molecular complexity index is 1450. The summed E-state index contributed by atoms with van der Waals surface area (Å²) in [5, 5.41) is 3.49. The van der Waals surface area contributed by atoms with Crippen LogP contribution >= 0.6 is 11.6 Å². The molecule has 0 spiro atoms. The quantitative estimate of drug-likeness (QED) is 0.265. The van der Waals surface area contributed by atoms with E-state index in [2.05, 4.69) is 5.32 Å². The van der Waals surface area contributed by atoms with Crippen LogP contribution in [-0.2, 0) is 26.2 Å². The van der Waals surface area contributed by atoms with Crippen LogP contribution in [0.1, 0.15) is 39.2 Å².